The van der Waals surface area contributed by atoms with Crippen molar-refractivity contribution in [3.63, 3.8) is 0 Å². The Morgan fingerprint density at radius 3 is 1.00 bits per heavy atom. The monoisotopic (exact) mass is 730 g/mol. The first-order valence-electron chi connectivity index (χ1n) is 18.2. The number of benzene rings is 8. The third-order valence-corrected chi connectivity index (χ3v) is 17.7. The normalized spacial score (nSPS) is 11.4. The summed E-state index contributed by atoms with van der Waals surface area (Å²) < 4.78 is 2.58. The van der Waals surface area contributed by atoms with Crippen LogP contribution in [0.2, 0.25) is 0 Å². The number of nitrogens with one attached hydrogen (secondary N) is 2. The molecule has 0 aliphatic rings. The number of hydrogen-bond acceptors (Lipinski definition) is 3. The van der Waals surface area contributed by atoms with Crippen molar-refractivity contribution < 1.29 is 0 Å². The van der Waals surface area contributed by atoms with E-state index in [1.54, 1.807) is 0 Å². The molecule has 0 aliphatic heterocycles. The van der Waals surface area contributed by atoms with Crippen molar-refractivity contribution in [2.45, 2.75) is 0 Å². The number of thiophene rings is 1. The van der Waals surface area contributed by atoms with Crippen LogP contribution in [0.5, 0.6) is 0 Å². The molecule has 0 bridgehead atoms. The van der Waals surface area contributed by atoms with Crippen molar-refractivity contribution in [3.05, 3.63) is 206 Å². The van der Waals surface area contributed by atoms with E-state index in [1.165, 1.54) is 62.7 Å². The first kappa shape index (κ1) is 32.9. The van der Waals surface area contributed by atoms with E-state index in [0.29, 0.717) is 0 Å². The van der Waals surface area contributed by atoms with E-state index in [4.69, 9.17) is 0 Å². The van der Waals surface area contributed by atoms with Gasteiger partial charge in [-0.2, -0.15) is 0 Å². The molecule has 8 aromatic carbocycles. The summed E-state index contributed by atoms with van der Waals surface area (Å²) in [5, 5.41) is 18.7. The van der Waals surface area contributed by atoms with Gasteiger partial charge in [-0.25, -0.2) is 0 Å². The van der Waals surface area contributed by atoms with Crippen LogP contribution in [0.25, 0.3) is 20.2 Å². The minimum absolute atomic E-state index is 1.10. The van der Waals surface area contributed by atoms with Crippen LogP contribution in [-0.2, 0) is 0 Å². The van der Waals surface area contributed by atoms with E-state index in [2.05, 4.69) is 217 Å². The Bertz CT molecular complexity index is 2370. The summed E-state index contributed by atoms with van der Waals surface area (Å²) in [5.74, 6) is 0. The maximum absolute atomic E-state index is 3.87. The van der Waals surface area contributed by atoms with Gasteiger partial charge in [-0.3, -0.25) is 0 Å². The number of rotatable bonds is 10. The fourth-order valence-corrected chi connectivity index (χ4v) is 14.9. The number of para-hydroxylation sites is 2. The first-order chi connectivity index (χ1) is 26.3. The van der Waals surface area contributed by atoms with Gasteiger partial charge in [0.25, 0.3) is 0 Å². The molecule has 9 aromatic rings. The van der Waals surface area contributed by atoms with Crippen LogP contribution in [0.4, 0.5) is 22.7 Å². The van der Waals surface area contributed by atoms with Gasteiger partial charge in [-0.05, 0) is 58.9 Å². The van der Waals surface area contributed by atoms with Gasteiger partial charge >= 0.3 is 0 Å². The molecule has 0 atom stereocenters. The number of anilines is 4. The molecule has 0 fully saturated rings. The average molecular weight is 731 g/mol. The highest BCUT2D eigenvalue weighted by molar-refractivity contribution is 7.25. The van der Waals surface area contributed by atoms with E-state index in [-0.39, 0.29) is 0 Å². The van der Waals surface area contributed by atoms with E-state index >= 15 is 0 Å². The summed E-state index contributed by atoms with van der Waals surface area (Å²) in [7, 11) is -3.45. The Balaban J connectivity index is 1.07. The minimum atomic E-state index is -1.73. The second kappa shape index (κ2) is 14.9. The van der Waals surface area contributed by atoms with Crippen molar-refractivity contribution in [1.82, 2.24) is 0 Å². The molecular formula is C48H38N2SSi2. The Labute approximate surface area is 318 Å². The highest BCUT2D eigenvalue weighted by atomic mass is 32.1. The van der Waals surface area contributed by atoms with E-state index in [1.807, 2.05) is 11.3 Å². The molecule has 0 saturated carbocycles. The SMILES string of the molecule is c1ccc([SiH](c2ccccc2)c2ccccc2Nc2ccc3sc4ccc(Nc5ccccc5[SiH](c5ccccc5)c5ccccc5)cc4c3c2)cc1. The highest BCUT2D eigenvalue weighted by Crippen LogP contribution is 2.37. The van der Waals surface area contributed by atoms with Crippen molar-refractivity contribution in [2.24, 2.45) is 0 Å². The molecule has 1 aromatic heterocycles. The fourth-order valence-electron chi connectivity index (χ4n) is 7.65. The van der Waals surface area contributed by atoms with E-state index < -0.39 is 17.6 Å². The second-order valence-electron chi connectivity index (χ2n) is 13.5. The summed E-state index contributed by atoms with van der Waals surface area (Å²) in [4.78, 5) is 0. The Kier molecular flexibility index (Phi) is 9.27. The second-order valence-corrected chi connectivity index (χ2v) is 20.2. The molecule has 0 unspecified atom stereocenters. The molecule has 0 saturated heterocycles. The van der Waals surface area contributed by atoms with Crippen LogP contribution in [0.3, 0.4) is 0 Å². The minimum Gasteiger partial charge on any atom is -0.356 e. The van der Waals surface area contributed by atoms with Crippen LogP contribution in [-0.4, -0.2) is 17.6 Å². The third kappa shape index (κ3) is 6.86. The average Bonchev–Trinajstić information content (AvgIpc) is 3.58. The Hall–Kier alpha value is -5.99. The van der Waals surface area contributed by atoms with Crippen LogP contribution < -0.4 is 41.8 Å². The molecule has 9 rings (SSSR count). The van der Waals surface area contributed by atoms with E-state index in [0.717, 1.165) is 11.4 Å². The molecule has 0 radical (unpaired) electrons. The fraction of sp³-hybridized carbons (Fsp3) is 0. The molecule has 0 amide bonds. The molecular weight excluding hydrogens is 693 g/mol. The summed E-state index contributed by atoms with van der Waals surface area (Å²) >= 11 is 1.86. The van der Waals surface area contributed by atoms with Crippen molar-refractivity contribution in [2.75, 3.05) is 10.6 Å². The van der Waals surface area contributed by atoms with Gasteiger partial charge in [-0.1, -0.05) is 178 Å². The molecule has 53 heavy (non-hydrogen) atoms. The lowest BCUT2D eigenvalue weighted by Gasteiger charge is -2.21. The predicted molar refractivity (Wildman–Crippen MR) is 237 cm³/mol. The van der Waals surface area contributed by atoms with Crippen LogP contribution in [0.15, 0.2) is 206 Å². The summed E-state index contributed by atoms with van der Waals surface area (Å²) in [6, 6.07) is 75.5. The predicted octanol–water partition coefficient (Wildman–Crippen LogP) is 8.04. The van der Waals surface area contributed by atoms with Gasteiger partial charge < -0.3 is 10.6 Å². The van der Waals surface area contributed by atoms with Crippen molar-refractivity contribution >= 4 is 103 Å². The topological polar surface area (TPSA) is 24.1 Å². The smallest absolute Gasteiger partial charge is 0.135 e. The number of hydrogen-bond donors (Lipinski definition) is 2. The molecule has 0 aliphatic carbocycles. The van der Waals surface area contributed by atoms with Gasteiger partial charge in [0.2, 0.25) is 0 Å². The van der Waals surface area contributed by atoms with Gasteiger partial charge in [0.05, 0.1) is 0 Å². The maximum atomic E-state index is 3.87. The lowest BCUT2D eigenvalue weighted by molar-refractivity contribution is 1.59. The van der Waals surface area contributed by atoms with Gasteiger partial charge in [0.15, 0.2) is 0 Å². The summed E-state index contributed by atoms with van der Waals surface area (Å²) in [6.07, 6.45) is 0. The lowest BCUT2D eigenvalue weighted by atomic mass is 10.1. The molecule has 2 N–H and O–H groups in total. The molecule has 5 heteroatoms. The zero-order valence-electron chi connectivity index (χ0n) is 29.2. The first-order valence-corrected chi connectivity index (χ1v) is 22.4. The van der Waals surface area contributed by atoms with E-state index in [9.17, 15) is 0 Å². The summed E-state index contributed by atoms with van der Waals surface area (Å²) in [6.45, 7) is 0. The van der Waals surface area contributed by atoms with Gasteiger partial charge in [-0.15, -0.1) is 11.3 Å². The zero-order chi connectivity index (χ0) is 35.4. The number of fused-ring (bicyclic) bond motifs is 3. The highest BCUT2D eigenvalue weighted by Gasteiger charge is 2.23. The van der Waals surface area contributed by atoms with Crippen LogP contribution in [0, 0.1) is 0 Å². The zero-order valence-corrected chi connectivity index (χ0v) is 32.3. The third-order valence-electron chi connectivity index (χ3n) is 10.1. The standard InChI is InChI=1S/C48H38N2SSi2/c1-5-17-37(18-6-1)52(38-19-7-2-8-20-38)47-27-15-13-25-43(47)49-35-29-31-45-41(33-35)42-34-36(30-32-46(42)51-45)50-44-26-14-16-28-48(44)53(39-21-9-3-10-22-39)40-23-11-4-12-24-40/h1-34,49-50,52-53H. The molecule has 1 heterocycles. The van der Waals surface area contributed by atoms with Crippen molar-refractivity contribution in [3.8, 4) is 0 Å². The Morgan fingerprint density at radius 1 is 0.321 bits per heavy atom. The Morgan fingerprint density at radius 2 is 0.642 bits per heavy atom. The van der Waals surface area contributed by atoms with Crippen molar-refractivity contribution in [1.29, 1.82) is 0 Å². The van der Waals surface area contributed by atoms with Gasteiger partial charge in [0.1, 0.15) is 17.6 Å². The van der Waals surface area contributed by atoms with Crippen LogP contribution >= 0.6 is 11.3 Å². The maximum Gasteiger partial charge on any atom is 0.135 e. The molecule has 0 spiro atoms. The lowest BCUT2D eigenvalue weighted by Crippen LogP contribution is -2.52. The summed E-state index contributed by atoms with van der Waals surface area (Å²) in [5.41, 5.74) is 4.54. The quantitative estimate of drug-likeness (QED) is 0.110. The molecule has 2 nitrogen and oxygen atoms in total. The molecule has 254 valence electrons. The largest absolute Gasteiger partial charge is 0.356 e. The van der Waals surface area contributed by atoms with Crippen LogP contribution in [0.1, 0.15) is 0 Å². The van der Waals surface area contributed by atoms with Gasteiger partial charge in [0, 0.05) is 42.9 Å².